The minimum atomic E-state index is -0.494. The average molecular weight is 263 g/mol. The van der Waals surface area contributed by atoms with Gasteiger partial charge in [-0.3, -0.25) is 14.9 Å². The van der Waals surface area contributed by atoms with Gasteiger partial charge in [0.25, 0.3) is 11.6 Å². The van der Waals surface area contributed by atoms with E-state index in [2.05, 4.69) is 0 Å². The zero-order valence-electron chi connectivity index (χ0n) is 10.8. The Bertz CT molecular complexity index is 504. The van der Waals surface area contributed by atoms with Crippen LogP contribution in [0.5, 0.6) is 0 Å². The molecule has 102 valence electrons. The monoisotopic (exact) mass is 263 g/mol. The Morgan fingerprint density at radius 2 is 2.26 bits per heavy atom. The highest BCUT2D eigenvalue weighted by Gasteiger charge is 2.28. The van der Waals surface area contributed by atoms with Crippen LogP contribution in [-0.2, 0) is 0 Å². The van der Waals surface area contributed by atoms with E-state index in [1.807, 2.05) is 6.92 Å². The van der Waals surface area contributed by atoms with Gasteiger partial charge in [0.15, 0.2) is 0 Å². The number of non-ortho nitro benzene ring substituents is 1. The van der Waals surface area contributed by atoms with Crippen molar-refractivity contribution in [2.75, 3.05) is 6.54 Å². The molecule has 0 bridgehead atoms. The molecule has 1 heterocycles. The van der Waals surface area contributed by atoms with Crippen molar-refractivity contribution in [2.45, 2.75) is 31.8 Å². The van der Waals surface area contributed by atoms with Crippen LogP contribution in [0.25, 0.3) is 0 Å². The van der Waals surface area contributed by atoms with Crippen molar-refractivity contribution in [1.82, 2.24) is 4.90 Å². The first-order valence-electron chi connectivity index (χ1n) is 6.30. The Morgan fingerprint density at radius 3 is 2.89 bits per heavy atom. The summed E-state index contributed by atoms with van der Waals surface area (Å²) in [5, 5.41) is 10.7. The largest absolute Gasteiger partial charge is 0.336 e. The fraction of sp³-hybridized carbons (Fsp3) is 0.462. The molecule has 0 aliphatic carbocycles. The van der Waals surface area contributed by atoms with Gasteiger partial charge in [-0.05, 0) is 25.8 Å². The summed E-state index contributed by atoms with van der Waals surface area (Å²) >= 11 is 0. The molecule has 2 atom stereocenters. The number of hydrogen-bond donors (Lipinski definition) is 1. The predicted molar refractivity (Wildman–Crippen MR) is 70.8 cm³/mol. The summed E-state index contributed by atoms with van der Waals surface area (Å²) in [7, 11) is 0. The molecule has 19 heavy (non-hydrogen) atoms. The van der Waals surface area contributed by atoms with E-state index in [1.54, 1.807) is 11.0 Å². The summed E-state index contributed by atoms with van der Waals surface area (Å²) in [5.41, 5.74) is 6.16. The number of rotatable bonds is 2. The van der Waals surface area contributed by atoms with Crippen molar-refractivity contribution in [2.24, 2.45) is 5.73 Å². The molecular formula is C13H17N3O3. The number of likely N-dealkylation sites (tertiary alicyclic amines) is 1. The van der Waals surface area contributed by atoms with Gasteiger partial charge in [-0.25, -0.2) is 0 Å². The first-order chi connectivity index (χ1) is 8.99. The number of nitro benzene ring substituents is 1. The van der Waals surface area contributed by atoms with E-state index in [0.29, 0.717) is 12.1 Å². The zero-order chi connectivity index (χ0) is 14.0. The molecule has 1 aromatic carbocycles. The molecule has 0 spiro atoms. The van der Waals surface area contributed by atoms with Gasteiger partial charge in [0.05, 0.1) is 4.92 Å². The number of nitrogens with two attached hydrogens (primary N) is 1. The molecular weight excluding hydrogens is 246 g/mol. The summed E-state index contributed by atoms with van der Waals surface area (Å²) in [6.45, 7) is 2.55. The van der Waals surface area contributed by atoms with Crippen LogP contribution in [0.3, 0.4) is 0 Å². The van der Waals surface area contributed by atoms with Gasteiger partial charge in [-0.2, -0.15) is 0 Å². The first-order valence-corrected chi connectivity index (χ1v) is 6.30. The number of amides is 1. The topological polar surface area (TPSA) is 89.5 Å². The Morgan fingerprint density at radius 1 is 1.53 bits per heavy atom. The van der Waals surface area contributed by atoms with Crippen LogP contribution >= 0.6 is 0 Å². The van der Waals surface area contributed by atoms with Gasteiger partial charge < -0.3 is 10.6 Å². The van der Waals surface area contributed by atoms with Gasteiger partial charge >= 0.3 is 0 Å². The lowest BCUT2D eigenvalue weighted by molar-refractivity contribution is -0.384. The average Bonchev–Trinajstić information content (AvgIpc) is 2.38. The minimum absolute atomic E-state index is 0.0628. The molecule has 1 aliphatic heterocycles. The summed E-state index contributed by atoms with van der Waals surface area (Å²) < 4.78 is 0. The molecule has 2 unspecified atom stereocenters. The Hall–Kier alpha value is -1.95. The molecule has 6 heteroatoms. The van der Waals surface area contributed by atoms with E-state index >= 15 is 0 Å². The number of benzene rings is 1. The standard InChI is InChI=1S/C13H17N3O3/c1-9-7-11(14)5-6-15(9)13(17)10-3-2-4-12(8-10)16(18)19/h2-4,8-9,11H,5-7,14H2,1H3. The smallest absolute Gasteiger partial charge is 0.270 e. The fourth-order valence-corrected chi connectivity index (χ4v) is 2.43. The lowest BCUT2D eigenvalue weighted by Crippen LogP contribution is -2.48. The number of carbonyl (C=O) groups is 1. The molecule has 0 saturated carbocycles. The highest BCUT2D eigenvalue weighted by Crippen LogP contribution is 2.20. The van der Waals surface area contributed by atoms with E-state index < -0.39 is 4.92 Å². The summed E-state index contributed by atoms with van der Waals surface area (Å²) in [4.78, 5) is 24.3. The summed E-state index contributed by atoms with van der Waals surface area (Å²) in [5.74, 6) is -0.164. The fourth-order valence-electron chi connectivity index (χ4n) is 2.43. The van der Waals surface area contributed by atoms with Crippen LogP contribution in [0.15, 0.2) is 24.3 Å². The number of nitro groups is 1. The van der Waals surface area contributed by atoms with Crippen LogP contribution < -0.4 is 5.73 Å². The molecule has 1 amide bonds. The van der Waals surface area contributed by atoms with Crippen LogP contribution in [0.4, 0.5) is 5.69 Å². The molecule has 6 nitrogen and oxygen atoms in total. The quantitative estimate of drug-likeness (QED) is 0.647. The highest BCUT2D eigenvalue weighted by atomic mass is 16.6. The third-order valence-corrected chi connectivity index (χ3v) is 3.48. The van der Waals surface area contributed by atoms with E-state index in [1.165, 1.54) is 18.2 Å². The molecule has 1 aromatic rings. The second kappa shape index (κ2) is 5.36. The van der Waals surface area contributed by atoms with E-state index in [0.717, 1.165) is 12.8 Å². The van der Waals surface area contributed by atoms with E-state index in [9.17, 15) is 14.9 Å². The van der Waals surface area contributed by atoms with Gasteiger partial charge in [0.1, 0.15) is 0 Å². The third-order valence-electron chi connectivity index (χ3n) is 3.48. The Balaban J connectivity index is 2.19. The lowest BCUT2D eigenvalue weighted by atomic mass is 9.98. The normalized spacial score (nSPS) is 23.2. The maximum absolute atomic E-state index is 12.4. The van der Waals surface area contributed by atoms with Crippen molar-refractivity contribution in [3.8, 4) is 0 Å². The number of piperidine rings is 1. The van der Waals surface area contributed by atoms with E-state index in [4.69, 9.17) is 5.73 Å². The highest BCUT2D eigenvalue weighted by molar-refractivity contribution is 5.95. The van der Waals surface area contributed by atoms with Gasteiger partial charge in [0, 0.05) is 36.3 Å². The molecule has 2 N–H and O–H groups in total. The van der Waals surface area contributed by atoms with Crippen molar-refractivity contribution >= 4 is 11.6 Å². The SMILES string of the molecule is CC1CC(N)CCN1C(=O)c1cccc([N+](=O)[O-])c1. The van der Waals surface area contributed by atoms with E-state index in [-0.39, 0.29) is 23.7 Å². The second-order valence-electron chi connectivity index (χ2n) is 4.94. The van der Waals surface area contributed by atoms with Crippen LogP contribution in [0, 0.1) is 10.1 Å². The Kier molecular flexibility index (Phi) is 3.80. The van der Waals surface area contributed by atoms with Gasteiger partial charge in [0.2, 0.25) is 0 Å². The van der Waals surface area contributed by atoms with Crippen molar-refractivity contribution in [1.29, 1.82) is 0 Å². The maximum atomic E-state index is 12.4. The summed E-state index contributed by atoms with van der Waals surface area (Å²) in [6.07, 6.45) is 1.53. The summed E-state index contributed by atoms with van der Waals surface area (Å²) in [6, 6.07) is 6.04. The molecule has 1 fully saturated rings. The number of nitrogens with zero attached hydrogens (tertiary/aromatic N) is 2. The van der Waals surface area contributed by atoms with Crippen LogP contribution in [0.2, 0.25) is 0 Å². The van der Waals surface area contributed by atoms with Crippen molar-refractivity contribution in [3.05, 3.63) is 39.9 Å². The minimum Gasteiger partial charge on any atom is -0.336 e. The van der Waals surface area contributed by atoms with Gasteiger partial charge in [-0.15, -0.1) is 0 Å². The van der Waals surface area contributed by atoms with Crippen LogP contribution in [0.1, 0.15) is 30.1 Å². The molecule has 2 rings (SSSR count). The second-order valence-corrected chi connectivity index (χ2v) is 4.94. The van der Waals surface area contributed by atoms with Gasteiger partial charge in [-0.1, -0.05) is 6.07 Å². The van der Waals surface area contributed by atoms with Crippen LogP contribution in [-0.4, -0.2) is 34.4 Å². The Labute approximate surface area is 111 Å². The molecule has 0 radical (unpaired) electrons. The molecule has 1 saturated heterocycles. The lowest BCUT2D eigenvalue weighted by Gasteiger charge is -2.36. The number of hydrogen-bond acceptors (Lipinski definition) is 4. The third kappa shape index (κ3) is 2.90. The zero-order valence-corrected chi connectivity index (χ0v) is 10.8. The molecule has 1 aliphatic rings. The van der Waals surface area contributed by atoms with Crippen molar-refractivity contribution < 1.29 is 9.72 Å². The predicted octanol–water partition coefficient (Wildman–Crippen LogP) is 1.55. The maximum Gasteiger partial charge on any atom is 0.270 e. The first kappa shape index (κ1) is 13.5. The molecule has 0 aromatic heterocycles. The van der Waals surface area contributed by atoms with Crippen molar-refractivity contribution in [3.63, 3.8) is 0 Å². The number of carbonyl (C=O) groups excluding carboxylic acids is 1.